The molecule has 0 fully saturated rings. The maximum Gasteiger partial charge on any atom is -0.00979 e. The van der Waals surface area contributed by atoms with Crippen molar-refractivity contribution < 1.29 is 0 Å². The molecule has 0 nitrogen and oxygen atoms in total. The van der Waals surface area contributed by atoms with Gasteiger partial charge in [0.2, 0.25) is 0 Å². The molecule has 0 atom stereocenters. The Labute approximate surface area is 89.9 Å². The van der Waals surface area contributed by atoms with Crippen LogP contribution in [0.15, 0.2) is 0 Å². The highest BCUT2D eigenvalue weighted by Crippen LogP contribution is 2.20. The zero-order valence-corrected chi connectivity index (χ0v) is 10.3. The predicted octanol–water partition coefficient (Wildman–Crippen LogP) is 4.69. The predicted molar refractivity (Wildman–Crippen MR) is 65.6 cm³/mol. The molecule has 0 rings (SSSR count). The van der Waals surface area contributed by atoms with Gasteiger partial charge in [0.05, 0.1) is 0 Å². The maximum atomic E-state index is 4.23. The Kier molecular flexibility index (Phi) is 10.7. The van der Waals surface area contributed by atoms with Crippen LogP contribution in [0, 0.1) is 5.92 Å². The van der Waals surface area contributed by atoms with Crippen molar-refractivity contribution in [3.63, 3.8) is 0 Å². The SMILES string of the molecule is CCCC(CCC)CCCCCS. The normalized spacial score (nSPS) is 11.1. The van der Waals surface area contributed by atoms with Crippen LogP contribution in [0.4, 0.5) is 0 Å². The van der Waals surface area contributed by atoms with E-state index in [1.54, 1.807) is 0 Å². The van der Waals surface area contributed by atoms with Crippen LogP contribution in [0.1, 0.15) is 65.2 Å². The molecule has 13 heavy (non-hydrogen) atoms. The molecular weight excluding hydrogens is 176 g/mol. The molecule has 0 N–H and O–H groups in total. The first-order valence-electron chi connectivity index (χ1n) is 5.96. The summed E-state index contributed by atoms with van der Waals surface area (Å²) in [5.41, 5.74) is 0. The van der Waals surface area contributed by atoms with Crippen molar-refractivity contribution in [2.75, 3.05) is 5.75 Å². The Balaban J connectivity index is 3.33. The van der Waals surface area contributed by atoms with Crippen LogP contribution in [0.5, 0.6) is 0 Å². The van der Waals surface area contributed by atoms with Gasteiger partial charge in [-0.1, -0.05) is 58.8 Å². The molecular formula is C12H26S. The first-order chi connectivity index (χ1) is 6.35. The van der Waals surface area contributed by atoms with Gasteiger partial charge in [-0.05, 0) is 18.1 Å². The number of hydrogen-bond acceptors (Lipinski definition) is 1. The smallest absolute Gasteiger partial charge is 0.00979 e. The third kappa shape index (κ3) is 8.67. The molecule has 0 bridgehead atoms. The summed E-state index contributed by atoms with van der Waals surface area (Å²) < 4.78 is 0. The lowest BCUT2D eigenvalue weighted by Gasteiger charge is -2.14. The molecule has 0 aliphatic rings. The highest BCUT2D eigenvalue weighted by atomic mass is 32.1. The lowest BCUT2D eigenvalue weighted by molar-refractivity contribution is 0.394. The van der Waals surface area contributed by atoms with Crippen LogP contribution in [0.25, 0.3) is 0 Å². The molecule has 0 aromatic rings. The van der Waals surface area contributed by atoms with E-state index in [0.29, 0.717) is 0 Å². The van der Waals surface area contributed by atoms with Crippen molar-refractivity contribution in [1.82, 2.24) is 0 Å². The van der Waals surface area contributed by atoms with E-state index >= 15 is 0 Å². The van der Waals surface area contributed by atoms with Gasteiger partial charge in [-0.15, -0.1) is 0 Å². The lowest BCUT2D eigenvalue weighted by Crippen LogP contribution is -1.99. The Morgan fingerprint density at radius 3 is 1.92 bits per heavy atom. The van der Waals surface area contributed by atoms with Crippen molar-refractivity contribution in [3.8, 4) is 0 Å². The molecule has 0 heterocycles. The highest BCUT2D eigenvalue weighted by Gasteiger charge is 2.05. The first-order valence-corrected chi connectivity index (χ1v) is 6.59. The Morgan fingerprint density at radius 2 is 1.46 bits per heavy atom. The largest absolute Gasteiger partial charge is 0.179 e. The summed E-state index contributed by atoms with van der Waals surface area (Å²) in [6.45, 7) is 4.60. The minimum atomic E-state index is 1.01. The van der Waals surface area contributed by atoms with E-state index in [1.807, 2.05) is 0 Å². The molecule has 0 spiro atoms. The second kappa shape index (κ2) is 10.4. The van der Waals surface area contributed by atoms with Gasteiger partial charge in [0.1, 0.15) is 0 Å². The molecule has 0 saturated carbocycles. The van der Waals surface area contributed by atoms with Gasteiger partial charge in [-0.3, -0.25) is 0 Å². The fourth-order valence-corrected chi connectivity index (χ4v) is 2.19. The summed E-state index contributed by atoms with van der Waals surface area (Å²) in [5, 5.41) is 0. The highest BCUT2D eigenvalue weighted by molar-refractivity contribution is 7.80. The number of hydrogen-bond donors (Lipinski definition) is 1. The zero-order valence-electron chi connectivity index (χ0n) is 9.39. The van der Waals surface area contributed by atoms with Crippen LogP contribution in [-0.4, -0.2) is 5.75 Å². The second-order valence-electron chi connectivity index (χ2n) is 4.02. The quantitative estimate of drug-likeness (QED) is 0.407. The number of rotatable bonds is 9. The monoisotopic (exact) mass is 202 g/mol. The summed E-state index contributed by atoms with van der Waals surface area (Å²) >= 11 is 4.23. The number of thiol groups is 1. The fourth-order valence-electron chi connectivity index (χ4n) is 1.97. The number of unbranched alkanes of at least 4 members (excludes halogenated alkanes) is 2. The van der Waals surface area contributed by atoms with Gasteiger partial charge >= 0.3 is 0 Å². The van der Waals surface area contributed by atoms with Gasteiger partial charge in [-0.2, -0.15) is 12.6 Å². The molecule has 0 aromatic heterocycles. The summed E-state index contributed by atoms with van der Waals surface area (Å²) in [4.78, 5) is 0. The van der Waals surface area contributed by atoms with Gasteiger partial charge in [-0.25, -0.2) is 0 Å². The fraction of sp³-hybridized carbons (Fsp3) is 1.00. The van der Waals surface area contributed by atoms with Crippen LogP contribution >= 0.6 is 12.6 Å². The van der Waals surface area contributed by atoms with E-state index in [2.05, 4.69) is 26.5 Å². The Bertz CT molecular complexity index is 85.1. The minimum Gasteiger partial charge on any atom is -0.179 e. The Morgan fingerprint density at radius 1 is 0.846 bits per heavy atom. The lowest BCUT2D eigenvalue weighted by atomic mass is 9.92. The molecule has 0 saturated heterocycles. The molecule has 0 unspecified atom stereocenters. The average molecular weight is 202 g/mol. The molecule has 0 amide bonds. The first kappa shape index (κ1) is 13.4. The van der Waals surface area contributed by atoms with Gasteiger partial charge < -0.3 is 0 Å². The minimum absolute atomic E-state index is 1.01. The van der Waals surface area contributed by atoms with Crippen molar-refractivity contribution >= 4 is 12.6 Å². The van der Waals surface area contributed by atoms with Crippen LogP contribution < -0.4 is 0 Å². The summed E-state index contributed by atoms with van der Waals surface area (Å²) in [6.07, 6.45) is 11.2. The van der Waals surface area contributed by atoms with Gasteiger partial charge in [0.15, 0.2) is 0 Å². The van der Waals surface area contributed by atoms with E-state index < -0.39 is 0 Å². The summed E-state index contributed by atoms with van der Waals surface area (Å²) in [6, 6.07) is 0. The summed E-state index contributed by atoms with van der Waals surface area (Å²) in [7, 11) is 0. The van der Waals surface area contributed by atoms with E-state index in [4.69, 9.17) is 0 Å². The molecule has 0 aliphatic heterocycles. The second-order valence-corrected chi connectivity index (χ2v) is 4.46. The summed E-state index contributed by atoms with van der Waals surface area (Å²) in [5.74, 6) is 2.07. The third-order valence-electron chi connectivity index (χ3n) is 2.66. The molecule has 0 aromatic carbocycles. The van der Waals surface area contributed by atoms with Crippen LogP contribution in [0.2, 0.25) is 0 Å². The Hall–Kier alpha value is 0.350. The van der Waals surface area contributed by atoms with Crippen molar-refractivity contribution in [1.29, 1.82) is 0 Å². The van der Waals surface area contributed by atoms with Gasteiger partial charge in [0.25, 0.3) is 0 Å². The van der Waals surface area contributed by atoms with E-state index in [0.717, 1.165) is 11.7 Å². The van der Waals surface area contributed by atoms with E-state index in [1.165, 1.54) is 51.4 Å². The van der Waals surface area contributed by atoms with Gasteiger partial charge in [0, 0.05) is 0 Å². The standard InChI is InChI=1S/C12H26S/c1-3-8-12(9-4-2)10-6-5-7-11-13/h12-13H,3-11H2,1-2H3. The average Bonchev–Trinajstić information content (AvgIpc) is 2.13. The third-order valence-corrected chi connectivity index (χ3v) is 2.98. The van der Waals surface area contributed by atoms with E-state index in [9.17, 15) is 0 Å². The van der Waals surface area contributed by atoms with Crippen LogP contribution in [-0.2, 0) is 0 Å². The van der Waals surface area contributed by atoms with Crippen molar-refractivity contribution in [3.05, 3.63) is 0 Å². The van der Waals surface area contributed by atoms with Crippen LogP contribution in [0.3, 0.4) is 0 Å². The molecule has 0 aliphatic carbocycles. The maximum absolute atomic E-state index is 4.23. The zero-order chi connectivity index (χ0) is 9.94. The topological polar surface area (TPSA) is 0 Å². The van der Waals surface area contributed by atoms with E-state index in [-0.39, 0.29) is 0 Å². The molecule has 80 valence electrons. The van der Waals surface area contributed by atoms with Crippen molar-refractivity contribution in [2.45, 2.75) is 65.2 Å². The van der Waals surface area contributed by atoms with Crippen molar-refractivity contribution in [2.24, 2.45) is 5.92 Å². The molecule has 1 heteroatoms. The molecule has 0 radical (unpaired) electrons.